The average molecular weight is 680 g/mol. The fourth-order valence-corrected chi connectivity index (χ4v) is 6.13. The Labute approximate surface area is 274 Å². The van der Waals surface area contributed by atoms with Gasteiger partial charge in [0.25, 0.3) is 5.91 Å². The zero-order valence-electron chi connectivity index (χ0n) is 26.0. The molecule has 3 amide bonds. The van der Waals surface area contributed by atoms with Gasteiger partial charge in [-0.3, -0.25) is 9.69 Å². The van der Waals surface area contributed by atoms with Gasteiger partial charge < -0.3 is 21.1 Å². The zero-order chi connectivity index (χ0) is 32.7. The second-order valence-electron chi connectivity index (χ2n) is 11.4. The molecule has 0 saturated carbocycles. The Bertz CT molecular complexity index is 1630. The summed E-state index contributed by atoms with van der Waals surface area (Å²) in [5, 5.41) is 5.37. The summed E-state index contributed by atoms with van der Waals surface area (Å²) in [5.74, 6) is -2.00. The molecule has 46 heavy (non-hydrogen) atoms. The molecule has 1 unspecified atom stereocenters. The lowest BCUT2D eigenvalue weighted by molar-refractivity contribution is 0.0996. The number of nitrogens with two attached hydrogens (primary N) is 1. The fraction of sp³-hybridized carbons (Fsp3) is 0.406. The van der Waals surface area contributed by atoms with Crippen molar-refractivity contribution >= 4 is 39.9 Å². The number of amides is 3. The topological polar surface area (TPSA) is 144 Å². The number of unbranched alkanes of at least 4 members (excludes halogenated alkanes) is 1. The number of carbonyl (C=O) groups is 2. The van der Waals surface area contributed by atoms with Crippen molar-refractivity contribution in [1.82, 2.24) is 15.2 Å². The van der Waals surface area contributed by atoms with E-state index < -0.39 is 39.0 Å². The van der Waals surface area contributed by atoms with Crippen LogP contribution >= 0.6 is 12.4 Å². The SMILES string of the molecule is CCCCC(NC(=O)Nc1cc(C(N)=O)c(F)cc1F)C1CCN(Cc2ccc(Oc3ccc(S(C)(=O)=O)cc3C)nc2)CC1.Cl. The maximum absolute atomic E-state index is 14.3. The summed E-state index contributed by atoms with van der Waals surface area (Å²) in [6, 6.07) is 9.10. The average Bonchev–Trinajstić information content (AvgIpc) is 2.98. The number of anilines is 1. The first-order valence-electron chi connectivity index (χ1n) is 14.9. The number of aryl methyl sites for hydroxylation is 1. The van der Waals surface area contributed by atoms with Crippen LogP contribution in [0.4, 0.5) is 19.3 Å². The van der Waals surface area contributed by atoms with Crippen LogP contribution in [-0.2, 0) is 16.4 Å². The number of carbonyl (C=O) groups excluding carboxylic acids is 2. The summed E-state index contributed by atoms with van der Waals surface area (Å²) in [7, 11) is -3.30. The number of likely N-dealkylation sites (tertiary alicyclic amines) is 1. The number of ether oxygens (including phenoxy) is 1. The number of rotatable bonds is 12. The molecule has 0 bridgehead atoms. The second kappa shape index (κ2) is 16.1. The van der Waals surface area contributed by atoms with Gasteiger partial charge in [0.15, 0.2) is 9.84 Å². The van der Waals surface area contributed by atoms with E-state index in [-0.39, 0.29) is 34.9 Å². The van der Waals surface area contributed by atoms with Crippen LogP contribution in [0, 0.1) is 24.5 Å². The molecule has 0 aliphatic carbocycles. The Hall–Kier alpha value is -3.81. The van der Waals surface area contributed by atoms with Crippen LogP contribution in [0.25, 0.3) is 0 Å². The number of sulfone groups is 1. The van der Waals surface area contributed by atoms with Crippen molar-refractivity contribution in [3.05, 3.63) is 77.0 Å². The van der Waals surface area contributed by atoms with Gasteiger partial charge in [-0.25, -0.2) is 27.0 Å². The minimum Gasteiger partial charge on any atom is -0.439 e. The third-order valence-corrected chi connectivity index (χ3v) is 9.06. The molecular formula is C32H40ClF2N5O5S. The standard InChI is InChI=1S/C32H39F2N5O5S.ClH/c1-4-5-6-27(37-32(41)38-28-16-24(31(35)40)25(33)17-26(28)34)22-11-13-39(14-12-22)19-21-7-10-30(36-18-21)44-29-9-8-23(15-20(29)2)45(3,42)43;/h7-10,15-18,22,27H,4-6,11-14,19H2,1-3H3,(H2,35,40)(H2,37,38,41);1H. The lowest BCUT2D eigenvalue weighted by Crippen LogP contribution is -2.46. The predicted octanol–water partition coefficient (Wildman–Crippen LogP) is 5.98. The third-order valence-electron chi connectivity index (χ3n) is 7.95. The van der Waals surface area contributed by atoms with E-state index in [9.17, 15) is 26.8 Å². The first-order valence-corrected chi connectivity index (χ1v) is 16.8. The highest BCUT2D eigenvalue weighted by atomic mass is 35.5. The largest absolute Gasteiger partial charge is 0.439 e. The number of pyridine rings is 1. The summed E-state index contributed by atoms with van der Waals surface area (Å²) in [6.45, 7) is 6.18. The van der Waals surface area contributed by atoms with Crippen molar-refractivity contribution in [3.63, 3.8) is 0 Å². The Morgan fingerprint density at radius 2 is 1.83 bits per heavy atom. The van der Waals surface area contributed by atoms with Gasteiger partial charge in [-0.1, -0.05) is 25.8 Å². The number of urea groups is 1. The molecule has 1 aliphatic heterocycles. The van der Waals surface area contributed by atoms with Gasteiger partial charge in [0.05, 0.1) is 16.1 Å². The molecule has 1 atom stereocenters. The Morgan fingerprint density at radius 1 is 1.11 bits per heavy atom. The smallest absolute Gasteiger partial charge is 0.319 e. The molecule has 10 nitrogen and oxygen atoms in total. The number of hydrogen-bond donors (Lipinski definition) is 3. The highest BCUT2D eigenvalue weighted by Crippen LogP contribution is 2.28. The number of halogens is 3. The normalized spacial score (nSPS) is 14.6. The molecule has 0 spiro atoms. The summed E-state index contributed by atoms with van der Waals surface area (Å²) < 4.78 is 57.6. The lowest BCUT2D eigenvalue weighted by Gasteiger charge is -2.36. The maximum Gasteiger partial charge on any atom is 0.319 e. The van der Waals surface area contributed by atoms with E-state index in [4.69, 9.17) is 10.5 Å². The minimum absolute atomic E-state index is 0. The van der Waals surface area contributed by atoms with Gasteiger partial charge in [0, 0.05) is 37.2 Å². The van der Waals surface area contributed by atoms with Gasteiger partial charge in [-0.15, -0.1) is 12.4 Å². The van der Waals surface area contributed by atoms with Gasteiger partial charge in [-0.2, -0.15) is 0 Å². The quantitative estimate of drug-likeness (QED) is 0.214. The number of nitrogens with one attached hydrogen (secondary N) is 2. The van der Waals surface area contributed by atoms with Crippen molar-refractivity contribution in [2.75, 3.05) is 24.7 Å². The predicted molar refractivity (Wildman–Crippen MR) is 174 cm³/mol. The molecule has 1 aromatic heterocycles. The molecule has 1 fully saturated rings. The second-order valence-corrected chi connectivity index (χ2v) is 13.5. The molecule has 0 radical (unpaired) electrons. The first-order chi connectivity index (χ1) is 21.3. The number of piperidine rings is 1. The van der Waals surface area contributed by atoms with Crippen molar-refractivity contribution in [2.24, 2.45) is 11.7 Å². The van der Waals surface area contributed by atoms with E-state index in [1.54, 1.807) is 31.3 Å². The minimum atomic E-state index is -3.30. The monoisotopic (exact) mass is 679 g/mol. The van der Waals surface area contributed by atoms with Crippen LogP contribution in [0.1, 0.15) is 60.5 Å². The Kier molecular flexibility index (Phi) is 12.9. The molecule has 3 aromatic rings. The lowest BCUT2D eigenvalue weighted by atomic mass is 9.86. The highest BCUT2D eigenvalue weighted by Gasteiger charge is 2.28. The summed E-state index contributed by atoms with van der Waals surface area (Å²) in [5.41, 5.74) is 6.03. The number of aromatic nitrogens is 1. The van der Waals surface area contributed by atoms with Crippen LogP contribution in [0.2, 0.25) is 0 Å². The van der Waals surface area contributed by atoms with Crippen molar-refractivity contribution in [2.45, 2.75) is 63.4 Å². The first kappa shape index (κ1) is 36.7. The van der Waals surface area contributed by atoms with E-state index in [2.05, 4.69) is 27.4 Å². The van der Waals surface area contributed by atoms with Gasteiger partial charge in [-0.05, 0) is 80.6 Å². The maximum atomic E-state index is 14.3. The molecule has 1 aliphatic rings. The van der Waals surface area contributed by atoms with Crippen molar-refractivity contribution in [3.8, 4) is 11.6 Å². The number of hydrogen-bond acceptors (Lipinski definition) is 7. The van der Waals surface area contributed by atoms with Crippen molar-refractivity contribution in [1.29, 1.82) is 0 Å². The number of benzene rings is 2. The number of primary amides is 1. The van der Waals surface area contributed by atoms with E-state index >= 15 is 0 Å². The Balaban J connectivity index is 0.00000576. The van der Waals surface area contributed by atoms with Gasteiger partial charge in [0.2, 0.25) is 5.88 Å². The summed E-state index contributed by atoms with van der Waals surface area (Å²) in [6.07, 6.45) is 7.24. The van der Waals surface area contributed by atoms with E-state index in [0.29, 0.717) is 29.8 Å². The molecule has 14 heteroatoms. The third kappa shape index (κ3) is 9.84. The summed E-state index contributed by atoms with van der Waals surface area (Å²) in [4.78, 5) is 31.2. The molecule has 2 heterocycles. The highest BCUT2D eigenvalue weighted by molar-refractivity contribution is 7.90. The Morgan fingerprint density at radius 3 is 2.41 bits per heavy atom. The zero-order valence-corrected chi connectivity index (χ0v) is 27.6. The molecule has 2 aromatic carbocycles. The van der Waals surface area contributed by atoms with E-state index in [1.807, 2.05) is 6.07 Å². The van der Waals surface area contributed by atoms with E-state index in [0.717, 1.165) is 63.1 Å². The molecule has 4 rings (SSSR count). The number of nitrogens with zero attached hydrogens (tertiary/aromatic N) is 2. The van der Waals surface area contributed by atoms with E-state index in [1.165, 1.54) is 6.07 Å². The van der Waals surface area contributed by atoms with Crippen LogP contribution in [0.15, 0.2) is 53.6 Å². The van der Waals surface area contributed by atoms with Crippen molar-refractivity contribution < 1.29 is 31.5 Å². The van der Waals surface area contributed by atoms with Crippen LogP contribution in [0.3, 0.4) is 0 Å². The molecule has 4 N–H and O–H groups in total. The van der Waals surface area contributed by atoms with Gasteiger partial charge >= 0.3 is 6.03 Å². The van der Waals surface area contributed by atoms with Crippen LogP contribution in [-0.4, -0.2) is 55.6 Å². The molecule has 250 valence electrons. The fourth-order valence-electron chi connectivity index (χ4n) is 5.43. The van der Waals surface area contributed by atoms with Crippen LogP contribution < -0.4 is 21.1 Å². The van der Waals surface area contributed by atoms with Crippen LogP contribution in [0.5, 0.6) is 11.6 Å². The molecular weight excluding hydrogens is 640 g/mol. The molecule has 1 saturated heterocycles. The summed E-state index contributed by atoms with van der Waals surface area (Å²) >= 11 is 0. The van der Waals surface area contributed by atoms with Gasteiger partial charge in [0.1, 0.15) is 17.4 Å².